The molecule has 21 heavy (non-hydrogen) atoms. The van der Waals surface area contributed by atoms with Crippen molar-refractivity contribution in [3.05, 3.63) is 52.4 Å². The monoisotopic (exact) mass is 287 g/mol. The molecule has 2 aromatic rings. The van der Waals surface area contributed by atoms with Crippen LogP contribution in [0, 0.1) is 6.92 Å². The molecule has 0 spiro atoms. The number of nitrogens with zero attached hydrogens (tertiary/aromatic N) is 2. The van der Waals surface area contributed by atoms with Gasteiger partial charge in [-0.1, -0.05) is 6.07 Å². The fourth-order valence-electron chi connectivity index (χ4n) is 1.93. The van der Waals surface area contributed by atoms with Crippen molar-refractivity contribution in [1.82, 2.24) is 9.78 Å². The third-order valence-corrected chi connectivity index (χ3v) is 3.10. The number of rotatable bonds is 4. The number of hydrogen-bond donors (Lipinski definition) is 1. The maximum absolute atomic E-state index is 12.3. The van der Waals surface area contributed by atoms with Gasteiger partial charge in [-0.05, 0) is 37.6 Å². The molecule has 0 bridgehead atoms. The van der Waals surface area contributed by atoms with Crippen molar-refractivity contribution in [1.29, 1.82) is 0 Å². The molecule has 2 rings (SSSR count). The standard InChI is InChI=1S/C15H17N3O3/c1-10-6-7-13(21-3)12(9-10)17-15(20)11(2)18-14(19)5-4-8-16-18/h4-9,11H,1-3H3,(H,17,20)/t11-/m1/s1. The number of carbonyl (C=O) groups is 1. The van der Waals surface area contributed by atoms with Crippen LogP contribution in [-0.2, 0) is 4.79 Å². The number of aromatic nitrogens is 2. The van der Waals surface area contributed by atoms with E-state index in [0.29, 0.717) is 11.4 Å². The van der Waals surface area contributed by atoms with E-state index in [1.165, 1.54) is 25.4 Å². The van der Waals surface area contributed by atoms with E-state index in [1.54, 1.807) is 13.0 Å². The molecule has 1 heterocycles. The predicted molar refractivity (Wildman–Crippen MR) is 79.6 cm³/mol. The summed E-state index contributed by atoms with van der Waals surface area (Å²) < 4.78 is 6.35. The van der Waals surface area contributed by atoms with E-state index in [2.05, 4.69) is 10.4 Å². The van der Waals surface area contributed by atoms with E-state index in [4.69, 9.17) is 4.74 Å². The van der Waals surface area contributed by atoms with Gasteiger partial charge in [-0.15, -0.1) is 0 Å². The third-order valence-electron chi connectivity index (χ3n) is 3.10. The second-order valence-electron chi connectivity index (χ2n) is 4.68. The fraction of sp³-hybridized carbons (Fsp3) is 0.267. The van der Waals surface area contributed by atoms with E-state index in [0.717, 1.165) is 10.2 Å². The first-order chi connectivity index (χ1) is 10.0. The van der Waals surface area contributed by atoms with Gasteiger partial charge >= 0.3 is 0 Å². The van der Waals surface area contributed by atoms with Crippen LogP contribution >= 0.6 is 0 Å². The molecule has 110 valence electrons. The molecule has 1 N–H and O–H groups in total. The summed E-state index contributed by atoms with van der Waals surface area (Å²) in [6, 6.07) is 7.66. The number of carbonyl (C=O) groups excluding carboxylic acids is 1. The molecule has 0 aliphatic carbocycles. The lowest BCUT2D eigenvalue weighted by atomic mass is 10.2. The van der Waals surface area contributed by atoms with Crippen LogP contribution in [0.2, 0.25) is 0 Å². The molecule has 1 amide bonds. The number of hydrogen-bond acceptors (Lipinski definition) is 4. The maximum atomic E-state index is 12.3. The highest BCUT2D eigenvalue weighted by Gasteiger charge is 2.18. The third kappa shape index (κ3) is 3.28. The van der Waals surface area contributed by atoms with Gasteiger partial charge in [0.2, 0.25) is 5.91 Å². The van der Waals surface area contributed by atoms with Crippen LogP contribution in [0.5, 0.6) is 5.75 Å². The highest BCUT2D eigenvalue weighted by molar-refractivity contribution is 5.94. The first kappa shape index (κ1) is 14.8. The van der Waals surface area contributed by atoms with Crippen LogP contribution in [0.1, 0.15) is 18.5 Å². The van der Waals surface area contributed by atoms with Crippen molar-refractivity contribution in [3.63, 3.8) is 0 Å². The normalized spacial score (nSPS) is 11.8. The van der Waals surface area contributed by atoms with Crippen molar-refractivity contribution in [2.24, 2.45) is 0 Å². The topological polar surface area (TPSA) is 73.2 Å². The van der Waals surface area contributed by atoms with E-state index in [1.807, 2.05) is 19.1 Å². The molecule has 0 fully saturated rings. The van der Waals surface area contributed by atoms with E-state index >= 15 is 0 Å². The van der Waals surface area contributed by atoms with Crippen molar-refractivity contribution < 1.29 is 9.53 Å². The van der Waals surface area contributed by atoms with E-state index < -0.39 is 6.04 Å². The van der Waals surface area contributed by atoms with Crippen LogP contribution < -0.4 is 15.6 Å². The summed E-state index contributed by atoms with van der Waals surface area (Å²) in [7, 11) is 1.53. The number of anilines is 1. The number of ether oxygens (including phenoxy) is 1. The van der Waals surface area contributed by atoms with Crippen molar-refractivity contribution in [3.8, 4) is 5.75 Å². The Bertz CT molecular complexity index is 709. The molecule has 6 nitrogen and oxygen atoms in total. The summed E-state index contributed by atoms with van der Waals surface area (Å²) in [6.45, 7) is 3.54. The Morgan fingerprint density at radius 1 is 1.38 bits per heavy atom. The van der Waals surface area contributed by atoms with E-state index in [9.17, 15) is 9.59 Å². The van der Waals surface area contributed by atoms with Gasteiger partial charge < -0.3 is 10.1 Å². The van der Waals surface area contributed by atoms with Crippen LogP contribution in [-0.4, -0.2) is 22.8 Å². The second-order valence-corrected chi connectivity index (χ2v) is 4.68. The van der Waals surface area contributed by atoms with E-state index in [-0.39, 0.29) is 11.5 Å². The lowest BCUT2D eigenvalue weighted by Gasteiger charge is -2.15. The largest absolute Gasteiger partial charge is 0.495 e. The Hall–Kier alpha value is -2.63. The van der Waals surface area contributed by atoms with Gasteiger partial charge in [0.25, 0.3) is 5.56 Å². The second kappa shape index (κ2) is 6.21. The molecule has 1 atom stereocenters. The first-order valence-corrected chi connectivity index (χ1v) is 6.52. The molecule has 6 heteroatoms. The SMILES string of the molecule is COc1ccc(C)cc1NC(=O)[C@@H](C)n1ncccc1=O. The zero-order valence-corrected chi connectivity index (χ0v) is 12.2. The molecule has 0 saturated carbocycles. The van der Waals surface area contributed by atoms with Gasteiger partial charge in [-0.3, -0.25) is 9.59 Å². The van der Waals surface area contributed by atoms with Gasteiger partial charge in [-0.2, -0.15) is 5.10 Å². The summed E-state index contributed by atoms with van der Waals surface area (Å²) in [6.07, 6.45) is 1.47. The number of benzene rings is 1. The smallest absolute Gasteiger partial charge is 0.267 e. The van der Waals surface area contributed by atoms with Crippen LogP contribution in [0.15, 0.2) is 41.3 Å². The molecule has 0 saturated heterocycles. The van der Waals surface area contributed by atoms with Gasteiger partial charge in [0.1, 0.15) is 11.8 Å². The van der Waals surface area contributed by atoms with Gasteiger partial charge in [-0.25, -0.2) is 4.68 Å². The fourth-order valence-corrected chi connectivity index (χ4v) is 1.93. The average Bonchev–Trinajstić information content (AvgIpc) is 2.47. The Morgan fingerprint density at radius 2 is 2.14 bits per heavy atom. The van der Waals surface area contributed by atoms with Crippen molar-refractivity contribution in [2.45, 2.75) is 19.9 Å². The van der Waals surface area contributed by atoms with Crippen LogP contribution in [0.3, 0.4) is 0 Å². The Morgan fingerprint density at radius 3 is 2.81 bits per heavy atom. The Kier molecular flexibility index (Phi) is 4.37. The molecular formula is C15H17N3O3. The summed E-state index contributed by atoms with van der Waals surface area (Å²) >= 11 is 0. The number of aryl methyl sites for hydroxylation is 1. The summed E-state index contributed by atoms with van der Waals surface area (Å²) in [5.41, 5.74) is 1.24. The lowest BCUT2D eigenvalue weighted by Crippen LogP contribution is -2.32. The quantitative estimate of drug-likeness (QED) is 0.930. The number of amides is 1. The lowest BCUT2D eigenvalue weighted by molar-refractivity contribution is -0.119. The summed E-state index contributed by atoms with van der Waals surface area (Å²) in [5, 5.41) is 6.68. The molecular weight excluding hydrogens is 270 g/mol. The molecule has 0 radical (unpaired) electrons. The molecule has 1 aromatic carbocycles. The van der Waals surface area contributed by atoms with Gasteiger partial charge in [0.05, 0.1) is 12.8 Å². The highest BCUT2D eigenvalue weighted by atomic mass is 16.5. The minimum Gasteiger partial charge on any atom is -0.495 e. The van der Waals surface area contributed by atoms with Crippen molar-refractivity contribution in [2.75, 3.05) is 12.4 Å². The zero-order chi connectivity index (χ0) is 15.4. The van der Waals surface area contributed by atoms with Gasteiger partial charge in [0.15, 0.2) is 0 Å². The number of methoxy groups -OCH3 is 1. The Balaban J connectivity index is 2.24. The minimum absolute atomic E-state index is 0.323. The van der Waals surface area contributed by atoms with Crippen molar-refractivity contribution >= 4 is 11.6 Å². The first-order valence-electron chi connectivity index (χ1n) is 6.52. The van der Waals surface area contributed by atoms with Gasteiger partial charge in [0, 0.05) is 12.3 Å². The zero-order valence-electron chi connectivity index (χ0n) is 12.2. The summed E-state index contributed by atoms with van der Waals surface area (Å²) in [4.78, 5) is 24.0. The summed E-state index contributed by atoms with van der Waals surface area (Å²) in [5.74, 6) is 0.231. The predicted octanol–water partition coefficient (Wildman–Crippen LogP) is 1.76. The number of nitrogens with one attached hydrogen (secondary N) is 1. The molecule has 1 aromatic heterocycles. The Labute approximate surface area is 122 Å². The molecule has 0 aliphatic heterocycles. The minimum atomic E-state index is -0.719. The average molecular weight is 287 g/mol. The maximum Gasteiger partial charge on any atom is 0.267 e. The van der Waals surface area contributed by atoms with Crippen LogP contribution in [0.25, 0.3) is 0 Å². The molecule has 0 aliphatic rings. The highest BCUT2D eigenvalue weighted by Crippen LogP contribution is 2.25. The molecule has 0 unspecified atom stereocenters. The van der Waals surface area contributed by atoms with Crippen LogP contribution in [0.4, 0.5) is 5.69 Å².